The van der Waals surface area contributed by atoms with Crippen LogP contribution in [0.15, 0.2) is 60.0 Å². The van der Waals surface area contributed by atoms with Gasteiger partial charge in [-0.25, -0.2) is 0 Å². The van der Waals surface area contributed by atoms with Crippen LogP contribution >= 0.6 is 11.8 Å². The Morgan fingerprint density at radius 2 is 1.80 bits per heavy atom. The minimum absolute atomic E-state index is 0.836. The molecule has 1 saturated heterocycles. The lowest BCUT2D eigenvalue weighted by atomic mass is 10.3. The fourth-order valence-corrected chi connectivity index (χ4v) is 4.01. The fourth-order valence-electron chi connectivity index (χ4n) is 3.10. The molecule has 4 rings (SSSR count). The van der Waals surface area contributed by atoms with Crippen LogP contribution in [0.25, 0.3) is 5.69 Å². The molecule has 0 atom stereocenters. The zero-order chi connectivity index (χ0) is 16.9. The minimum atomic E-state index is 0.836. The molecule has 0 aliphatic carbocycles. The van der Waals surface area contributed by atoms with Gasteiger partial charge in [-0.15, -0.1) is 10.2 Å². The molecule has 1 aliphatic rings. The third-order valence-corrected chi connectivity index (χ3v) is 5.37. The number of benzene rings is 1. The van der Waals surface area contributed by atoms with E-state index in [1.807, 2.05) is 18.3 Å². The van der Waals surface area contributed by atoms with E-state index in [9.17, 15) is 0 Å². The van der Waals surface area contributed by atoms with Crippen molar-refractivity contribution in [1.82, 2.24) is 24.6 Å². The summed E-state index contributed by atoms with van der Waals surface area (Å²) in [4.78, 5) is 6.65. The monoisotopic (exact) mass is 351 g/mol. The van der Waals surface area contributed by atoms with Gasteiger partial charge in [-0.2, -0.15) is 0 Å². The van der Waals surface area contributed by atoms with Gasteiger partial charge in [0.1, 0.15) is 0 Å². The Morgan fingerprint density at radius 1 is 0.960 bits per heavy atom. The van der Waals surface area contributed by atoms with Crippen molar-refractivity contribution in [2.75, 3.05) is 13.1 Å². The predicted octanol–water partition coefficient (Wildman–Crippen LogP) is 3.55. The highest BCUT2D eigenvalue weighted by Crippen LogP contribution is 2.26. The summed E-state index contributed by atoms with van der Waals surface area (Å²) >= 11 is 1.70. The van der Waals surface area contributed by atoms with E-state index in [1.54, 1.807) is 18.0 Å². The molecular formula is C19H21N5S. The molecule has 0 unspecified atom stereocenters. The molecule has 0 amide bonds. The highest BCUT2D eigenvalue weighted by atomic mass is 32.2. The SMILES string of the molecule is c1ccc(-n2c(CN3CCCC3)nnc2SCc2cccnc2)cc1. The predicted molar refractivity (Wildman–Crippen MR) is 99.7 cm³/mol. The van der Waals surface area contributed by atoms with Gasteiger partial charge in [0, 0.05) is 23.8 Å². The van der Waals surface area contributed by atoms with Gasteiger partial charge in [-0.3, -0.25) is 14.5 Å². The number of likely N-dealkylation sites (tertiary alicyclic amines) is 1. The van der Waals surface area contributed by atoms with E-state index in [2.05, 4.69) is 55.0 Å². The lowest BCUT2D eigenvalue weighted by Crippen LogP contribution is -2.21. The van der Waals surface area contributed by atoms with Gasteiger partial charge in [-0.1, -0.05) is 36.0 Å². The van der Waals surface area contributed by atoms with E-state index in [1.165, 1.54) is 18.4 Å². The smallest absolute Gasteiger partial charge is 0.196 e. The summed E-state index contributed by atoms with van der Waals surface area (Å²) in [6, 6.07) is 14.5. The Hall–Kier alpha value is -2.18. The standard InChI is InChI=1S/C19H21N5S/c1-2-8-17(9-3-1)24-18(14-23-11-4-5-12-23)21-22-19(24)25-15-16-7-6-10-20-13-16/h1-3,6-10,13H,4-5,11-12,14-15H2. The average Bonchev–Trinajstić information content (AvgIpc) is 3.32. The Balaban J connectivity index is 1.60. The first-order chi connectivity index (χ1) is 12.4. The molecule has 0 N–H and O–H groups in total. The van der Waals surface area contributed by atoms with Crippen molar-refractivity contribution in [3.63, 3.8) is 0 Å². The highest BCUT2D eigenvalue weighted by Gasteiger charge is 2.19. The third-order valence-electron chi connectivity index (χ3n) is 4.37. The topological polar surface area (TPSA) is 46.8 Å². The average molecular weight is 351 g/mol. The molecule has 1 fully saturated rings. The van der Waals surface area contributed by atoms with Gasteiger partial charge in [0.15, 0.2) is 11.0 Å². The quantitative estimate of drug-likeness (QED) is 0.636. The molecule has 1 aliphatic heterocycles. The molecule has 128 valence electrons. The molecule has 1 aromatic carbocycles. The van der Waals surface area contributed by atoms with Crippen LogP contribution in [0, 0.1) is 0 Å². The second-order valence-corrected chi connectivity index (χ2v) is 7.15. The molecule has 0 spiro atoms. The Bertz CT molecular complexity index is 797. The molecule has 3 heterocycles. The van der Waals surface area contributed by atoms with Gasteiger partial charge in [-0.05, 0) is 49.7 Å². The van der Waals surface area contributed by atoms with Gasteiger partial charge >= 0.3 is 0 Å². The number of aromatic nitrogens is 4. The largest absolute Gasteiger partial charge is 0.296 e. The number of para-hydroxylation sites is 1. The molecule has 5 nitrogen and oxygen atoms in total. The number of nitrogens with zero attached hydrogens (tertiary/aromatic N) is 5. The van der Waals surface area contributed by atoms with Crippen LogP contribution < -0.4 is 0 Å². The number of rotatable bonds is 6. The maximum absolute atomic E-state index is 4.50. The van der Waals surface area contributed by atoms with Crippen molar-refractivity contribution < 1.29 is 0 Å². The van der Waals surface area contributed by atoms with Crippen LogP contribution in [0.5, 0.6) is 0 Å². The molecular weight excluding hydrogens is 330 g/mol. The van der Waals surface area contributed by atoms with Crippen molar-refractivity contribution in [3.8, 4) is 5.69 Å². The lowest BCUT2D eigenvalue weighted by Gasteiger charge is -2.15. The molecule has 6 heteroatoms. The van der Waals surface area contributed by atoms with Gasteiger partial charge in [0.25, 0.3) is 0 Å². The lowest BCUT2D eigenvalue weighted by molar-refractivity contribution is 0.319. The van der Waals surface area contributed by atoms with E-state index in [-0.39, 0.29) is 0 Å². The van der Waals surface area contributed by atoms with Crippen LogP contribution in [-0.2, 0) is 12.3 Å². The first-order valence-electron chi connectivity index (χ1n) is 8.64. The number of hydrogen-bond donors (Lipinski definition) is 0. The third kappa shape index (κ3) is 3.91. The summed E-state index contributed by atoms with van der Waals surface area (Å²) in [7, 11) is 0. The maximum Gasteiger partial charge on any atom is 0.196 e. The summed E-state index contributed by atoms with van der Waals surface area (Å²) in [5.74, 6) is 1.85. The van der Waals surface area contributed by atoms with Crippen LogP contribution in [0.2, 0.25) is 0 Å². The van der Waals surface area contributed by atoms with Gasteiger partial charge in [0.2, 0.25) is 0 Å². The first-order valence-corrected chi connectivity index (χ1v) is 9.62. The number of thioether (sulfide) groups is 1. The Kier molecular flexibility index (Phi) is 5.09. The van der Waals surface area contributed by atoms with E-state index in [0.717, 1.165) is 42.1 Å². The number of pyridine rings is 1. The Morgan fingerprint density at radius 3 is 2.56 bits per heavy atom. The summed E-state index contributed by atoms with van der Waals surface area (Å²) in [5, 5.41) is 9.92. The van der Waals surface area contributed by atoms with Gasteiger partial charge in [0.05, 0.1) is 6.54 Å². The van der Waals surface area contributed by atoms with Crippen molar-refractivity contribution in [3.05, 3.63) is 66.2 Å². The fraction of sp³-hybridized carbons (Fsp3) is 0.316. The highest BCUT2D eigenvalue weighted by molar-refractivity contribution is 7.98. The van der Waals surface area contributed by atoms with E-state index < -0.39 is 0 Å². The Labute approximate surface area is 152 Å². The molecule has 2 aromatic heterocycles. The van der Waals surface area contributed by atoms with Gasteiger partial charge < -0.3 is 0 Å². The van der Waals surface area contributed by atoms with Crippen molar-refractivity contribution >= 4 is 11.8 Å². The molecule has 0 radical (unpaired) electrons. The molecule has 0 saturated carbocycles. The molecule has 25 heavy (non-hydrogen) atoms. The normalized spacial score (nSPS) is 14.9. The second kappa shape index (κ2) is 7.80. The zero-order valence-corrected chi connectivity index (χ0v) is 14.9. The van der Waals surface area contributed by atoms with Crippen LogP contribution in [-0.4, -0.2) is 37.7 Å². The second-order valence-electron chi connectivity index (χ2n) is 6.20. The van der Waals surface area contributed by atoms with Crippen LogP contribution in [0.4, 0.5) is 0 Å². The zero-order valence-electron chi connectivity index (χ0n) is 14.1. The minimum Gasteiger partial charge on any atom is -0.296 e. The summed E-state index contributed by atoms with van der Waals surface area (Å²) in [5.41, 5.74) is 2.31. The maximum atomic E-state index is 4.50. The van der Waals surface area contributed by atoms with E-state index >= 15 is 0 Å². The van der Waals surface area contributed by atoms with Crippen LogP contribution in [0.1, 0.15) is 24.2 Å². The molecule has 3 aromatic rings. The van der Waals surface area contributed by atoms with Crippen molar-refractivity contribution in [2.24, 2.45) is 0 Å². The summed E-state index contributed by atoms with van der Waals surface area (Å²) < 4.78 is 2.19. The molecule has 0 bridgehead atoms. The first kappa shape index (κ1) is 16.3. The summed E-state index contributed by atoms with van der Waals surface area (Å²) in [6.07, 6.45) is 6.26. The van der Waals surface area contributed by atoms with E-state index in [0.29, 0.717) is 0 Å². The van der Waals surface area contributed by atoms with Crippen molar-refractivity contribution in [1.29, 1.82) is 0 Å². The van der Waals surface area contributed by atoms with E-state index in [4.69, 9.17) is 0 Å². The van der Waals surface area contributed by atoms with Crippen LogP contribution in [0.3, 0.4) is 0 Å². The number of hydrogen-bond acceptors (Lipinski definition) is 5. The summed E-state index contributed by atoms with van der Waals surface area (Å²) in [6.45, 7) is 3.16. The van der Waals surface area contributed by atoms with Crippen molar-refractivity contribution in [2.45, 2.75) is 30.3 Å².